The maximum Gasteiger partial charge on any atom is 0.255 e. The van der Waals surface area contributed by atoms with Crippen LogP contribution in [0.2, 0.25) is 0 Å². The highest BCUT2D eigenvalue weighted by Crippen LogP contribution is 2.32. The first-order valence-electron chi connectivity index (χ1n) is 10.9. The van der Waals surface area contributed by atoms with Crippen LogP contribution in [0.3, 0.4) is 0 Å². The number of nitrogens with one attached hydrogen (secondary N) is 3. The van der Waals surface area contributed by atoms with Crippen LogP contribution in [0.15, 0.2) is 66.7 Å². The Morgan fingerprint density at radius 3 is 2.35 bits per heavy atom. The van der Waals surface area contributed by atoms with Crippen LogP contribution in [-0.4, -0.2) is 24.5 Å². The molecule has 0 spiro atoms. The second kappa shape index (κ2) is 10.1. The minimum atomic E-state index is -0.363. The fourth-order valence-electron chi connectivity index (χ4n) is 3.30. The highest BCUT2D eigenvalue weighted by atomic mass is 16.7. The number of anilines is 2. The molecule has 3 aromatic rings. The minimum absolute atomic E-state index is 0.0992. The monoisotopic (exact) mass is 459 g/mol. The highest BCUT2D eigenvalue weighted by Gasteiger charge is 2.16. The molecule has 0 atom stereocenters. The number of rotatable bonds is 7. The van der Waals surface area contributed by atoms with Gasteiger partial charge in [0.1, 0.15) is 0 Å². The van der Waals surface area contributed by atoms with E-state index in [2.05, 4.69) is 16.0 Å². The molecule has 1 aliphatic heterocycles. The van der Waals surface area contributed by atoms with E-state index in [0.29, 0.717) is 40.5 Å². The molecule has 1 aliphatic rings. The van der Waals surface area contributed by atoms with Crippen molar-refractivity contribution in [2.24, 2.45) is 5.92 Å². The topological polar surface area (TPSA) is 106 Å². The minimum Gasteiger partial charge on any atom is -0.454 e. The molecule has 174 valence electrons. The molecule has 0 radical (unpaired) electrons. The van der Waals surface area contributed by atoms with Gasteiger partial charge < -0.3 is 25.4 Å². The number of benzene rings is 3. The van der Waals surface area contributed by atoms with Crippen molar-refractivity contribution >= 4 is 29.1 Å². The summed E-state index contributed by atoms with van der Waals surface area (Å²) in [5.74, 6) is 0.402. The smallest absolute Gasteiger partial charge is 0.255 e. The quantitative estimate of drug-likeness (QED) is 0.491. The average molecular weight is 460 g/mol. The lowest BCUT2D eigenvalue weighted by Gasteiger charge is -2.12. The largest absolute Gasteiger partial charge is 0.454 e. The van der Waals surface area contributed by atoms with Crippen molar-refractivity contribution < 1.29 is 23.9 Å². The van der Waals surface area contributed by atoms with Crippen LogP contribution in [-0.2, 0) is 11.3 Å². The van der Waals surface area contributed by atoms with Crippen molar-refractivity contribution in [2.75, 3.05) is 17.4 Å². The molecule has 3 N–H and O–H groups in total. The molecule has 0 saturated heterocycles. The summed E-state index contributed by atoms with van der Waals surface area (Å²) in [6.45, 7) is 4.09. The van der Waals surface area contributed by atoms with Crippen molar-refractivity contribution in [3.63, 3.8) is 0 Å². The number of amides is 3. The Balaban J connectivity index is 1.40. The van der Waals surface area contributed by atoms with Gasteiger partial charge in [0.05, 0.1) is 11.3 Å². The van der Waals surface area contributed by atoms with Gasteiger partial charge in [-0.2, -0.15) is 0 Å². The number of ether oxygens (including phenoxy) is 2. The zero-order valence-electron chi connectivity index (χ0n) is 18.9. The number of carbonyl (C=O) groups excluding carboxylic acids is 3. The summed E-state index contributed by atoms with van der Waals surface area (Å²) in [5, 5.41) is 8.45. The summed E-state index contributed by atoms with van der Waals surface area (Å²) >= 11 is 0. The molecule has 3 aromatic carbocycles. The number of para-hydroxylation sites is 1. The predicted molar refractivity (Wildman–Crippen MR) is 128 cm³/mol. The van der Waals surface area contributed by atoms with Gasteiger partial charge in [0.25, 0.3) is 11.8 Å². The Labute approximate surface area is 197 Å². The van der Waals surface area contributed by atoms with Crippen LogP contribution in [0, 0.1) is 5.92 Å². The molecule has 0 fully saturated rings. The Kier molecular flexibility index (Phi) is 6.77. The van der Waals surface area contributed by atoms with Crippen molar-refractivity contribution in [1.29, 1.82) is 0 Å². The van der Waals surface area contributed by atoms with Crippen LogP contribution >= 0.6 is 0 Å². The maximum atomic E-state index is 12.8. The summed E-state index contributed by atoms with van der Waals surface area (Å²) in [6, 6.07) is 18.8. The summed E-state index contributed by atoms with van der Waals surface area (Å²) < 4.78 is 10.7. The van der Waals surface area contributed by atoms with E-state index in [1.165, 1.54) is 0 Å². The molecule has 0 aliphatic carbocycles. The molecular weight excluding hydrogens is 434 g/mol. The van der Waals surface area contributed by atoms with E-state index in [1.807, 2.05) is 12.1 Å². The molecular formula is C26H25N3O5. The summed E-state index contributed by atoms with van der Waals surface area (Å²) in [7, 11) is 0. The number of hydrogen-bond donors (Lipinski definition) is 3. The van der Waals surface area contributed by atoms with Crippen LogP contribution < -0.4 is 25.4 Å². The molecule has 8 nitrogen and oxygen atoms in total. The Hall–Kier alpha value is -4.33. The normalized spacial score (nSPS) is 11.7. The van der Waals surface area contributed by atoms with E-state index in [-0.39, 0.29) is 30.4 Å². The van der Waals surface area contributed by atoms with Gasteiger partial charge in [-0.25, -0.2) is 0 Å². The number of fused-ring (bicyclic) bond motifs is 1. The Morgan fingerprint density at radius 2 is 1.59 bits per heavy atom. The summed E-state index contributed by atoms with van der Waals surface area (Å²) in [4.78, 5) is 37.4. The van der Waals surface area contributed by atoms with Gasteiger partial charge in [-0.1, -0.05) is 32.0 Å². The molecule has 3 amide bonds. The standard InChI is InChI=1S/C26H25N3O5/c1-16(2)24(30)28-19-10-8-18(9-11-19)25(31)29-21-6-4-3-5-20(21)26(32)27-14-17-7-12-22-23(13-17)34-15-33-22/h3-13,16H,14-15H2,1-2H3,(H,27,32)(H,28,30)(H,29,31). The van der Waals surface area contributed by atoms with E-state index in [4.69, 9.17) is 9.47 Å². The van der Waals surface area contributed by atoms with Gasteiger partial charge in [0.2, 0.25) is 12.7 Å². The van der Waals surface area contributed by atoms with Gasteiger partial charge in [-0.05, 0) is 54.1 Å². The lowest BCUT2D eigenvalue weighted by Crippen LogP contribution is -2.25. The van der Waals surface area contributed by atoms with Gasteiger partial charge >= 0.3 is 0 Å². The maximum absolute atomic E-state index is 12.8. The predicted octanol–water partition coefficient (Wildman–Crippen LogP) is 4.19. The fraction of sp³-hybridized carbons (Fsp3) is 0.192. The SMILES string of the molecule is CC(C)C(=O)Nc1ccc(C(=O)Nc2ccccc2C(=O)NCc2ccc3c(c2)OCO3)cc1. The van der Waals surface area contributed by atoms with E-state index in [1.54, 1.807) is 68.4 Å². The Bertz CT molecular complexity index is 1220. The zero-order valence-corrected chi connectivity index (χ0v) is 18.9. The van der Waals surface area contributed by atoms with E-state index < -0.39 is 0 Å². The van der Waals surface area contributed by atoms with Gasteiger partial charge in [-0.15, -0.1) is 0 Å². The fourth-order valence-corrected chi connectivity index (χ4v) is 3.30. The first-order chi connectivity index (χ1) is 16.4. The third-order valence-electron chi connectivity index (χ3n) is 5.25. The van der Waals surface area contributed by atoms with Gasteiger partial charge in [0.15, 0.2) is 11.5 Å². The molecule has 0 unspecified atom stereocenters. The number of hydrogen-bond acceptors (Lipinski definition) is 5. The van der Waals surface area contributed by atoms with Crippen LogP contribution in [0.4, 0.5) is 11.4 Å². The molecule has 34 heavy (non-hydrogen) atoms. The average Bonchev–Trinajstić information content (AvgIpc) is 3.31. The number of carbonyl (C=O) groups is 3. The lowest BCUT2D eigenvalue weighted by molar-refractivity contribution is -0.118. The van der Waals surface area contributed by atoms with Crippen molar-refractivity contribution in [3.05, 3.63) is 83.4 Å². The molecule has 4 rings (SSSR count). The second-order valence-corrected chi connectivity index (χ2v) is 8.09. The molecule has 1 heterocycles. The molecule has 0 bridgehead atoms. The third-order valence-corrected chi connectivity index (χ3v) is 5.25. The van der Waals surface area contributed by atoms with E-state index in [0.717, 1.165) is 5.56 Å². The lowest BCUT2D eigenvalue weighted by atomic mass is 10.1. The van der Waals surface area contributed by atoms with Crippen LogP contribution in [0.1, 0.15) is 40.1 Å². The van der Waals surface area contributed by atoms with Crippen molar-refractivity contribution in [3.8, 4) is 11.5 Å². The van der Waals surface area contributed by atoms with Crippen molar-refractivity contribution in [1.82, 2.24) is 5.32 Å². The van der Waals surface area contributed by atoms with Crippen molar-refractivity contribution in [2.45, 2.75) is 20.4 Å². The molecule has 0 aromatic heterocycles. The summed E-state index contributed by atoms with van der Waals surface area (Å²) in [5.41, 5.74) is 2.62. The third kappa shape index (κ3) is 5.35. The Morgan fingerprint density at radius 1 is 0.853 bits per heavy atom. The molecule has 0 saturated carbocycles. The molecule has 8 heteroatoms. The first kappa shape index (κ1) is 22.8. The van der Waals surface area contributed by atoms with E-state index in [9.17, 15) is 14.4 Å². The van der Waals surface area contributed by atoms with Gasteiger partial charge in [-0.3, -0.25) is 14.4 Å². The first-order valence-corrected chi connectivity index (χ1v) is 10.9. The van der Waals surface area contributed by atoms with Crippen LogP contribution in [0.5, 0.6) is 11.5 Å². The zero-order chi connectivity index (χ0) is 24.1. The highest BCUT2D eigenvalue weighted by molar-refractivity contribution is 6.09. The van der Waals surface area contributed by atoms with Gasteiger partial charge in [0, 0.05) is 23.7 Å². The second-order valence-electron chi connectivity index (χ2n) is 8.09. The summed E-state index contributed by atoms with van der Waals surface area (Å²) in [6.07, 6.45) is 0. The van der Waals surface area contributed by atoms with Crippen LogP contribution in [0.25, 0.3) is 0 Å². The van der Waals surface area contributed by atoms with E-state index >= 15 is 0 Å².